The number of hydrogen-bond donors (Lipinski definition) is 1. The number of ether oxygens (including phenoxy) is 2. The van der Waals surface area contributed by atoms with E-state index in [1.807, 2.05) is 29.8 Å². The third-order valence-electron chi connectivity index (χ3n) is 4.09. The predicted molar refractivity (Wildman–Crippen MR) is 105 cm³/mol. The van der Waals surface area contributed by atoms with Gasteiger partial charge >= 0.3 is 0 Å². The average molecular weight is 380 g/mol. The quantitative estimate of drug-likeness (QED) is 0.547. The molecule has 0 atom stereocenters. The first kappa shape index (κ1) is 19.4. The highest BCUT2D eigenvalue weighted by Crippen LogP contribution is 2.29. The van der Waals surface area contributed by atoms with Crippen molar-refractivity contribution >= 4 is 5.91 Å². The number of imidazole rings is 1. The zero-order valence-electron chi connectivity index (χ0n) is 15.9. The SMILES string of the molecule is CCOc1cc(C(=O)NCCCn2ccnc2)ccc1OCc1ccncc1. The van der Waals surface area contributed by atoms with Gasteiger partial charge in [-0.3, -0.25) is 9.78 Å². The summed E-state index contributed by atoms with van der Waals surface area (Å²) >= 11 is 0. The summed E-state index contributed by atoms with van der Waals surface area (Å²) < 4.78 is 13.5. The Kier molecular flexibility index (Phi) is 7.01. The van der Waals surface area contributed by atoms with E-state index in [9.17, 15) is 4.79 Å². The van der Waals surface area contributed by atoms with E-state index in [2.05, 4.69) is 15.3 Å². The van der Waals surface area contributed by atoms with Crippen LogP contribution in [0.25, 0.3) is 0 Å². The van der Waals surface area contributed by atoms with E-state index in [0.29, 0.717) is 36.8 Å². The van der Waals surface area contributed by atoms with Crippen LogP contribution in [0.1, 0.15) is 29.3 Å². The normalized spacial score (nSPS) is 10.5. The topological polar surface area (TPSA) is 78.3 Å². The monoisotopic (exact) mass is 380 g/mol. The zero-order valence-corrected chi connectivity index (χ0v) is 15.9. The minimum Gasteiger partial charge on any atom is -0.490 e. The van der Waals surface area contributed by atoms with Gasteiger partial charge in [-0.2, -0.15) is 0 Å². The number of aryl methyl sites for hydroxylation is 1. The lowest BCUT2D eigenvalue weighted by atomic mass is 10.2. The summed E-state index contributed by atoms with van der Waals surface area (Å²) in [4.78, 5) is 20.4. The summed E-state index contributed by atoms with van der Waals surface area (Å²) in [7, 11) is 0. The molecule has 0 aliphatic carbocycles. The van der Waals surface area contributed by atoms with Crippen LogP contribution in [0.5, 0.6) is 11.5 Å². The number of carbonyl (C=O) groups is 1. The molecule has 0 radical (unpaired) electrons. The lowest BCUT2D eigenvalue weighted by molar-refractivity contribution is 0.0952. The molecule has 0 aliphatic rings. The van der Waals surface area contributed by atoms with Gasteiger partial charge in [-0.05, 0) is 49.2 Å². The molecule has 2 aromatic heterocycles. The van der Waals surface area contributed by atoms with Crippen LogP contribution in [0.15, 0.2) is 61.4 Å². The summed E-state index contributed by atoms with van der Waals surface area (Å²) in [5, 5.41) is 2.93. The van der Waals surface area contributed by atoms with Gasteiger partial charge in [-0.1, -0.05) is 0 Å². The summed E-state index contributed by atoms with van der Waals surface area (Å²) in [6, 6.07) is 9.02. The minimum atomic E-state index is -0.132. The van der Waals surface area contributed by atoms with E-state index in [0.717, 1.165) is 18.5 Å². The smallest absolute Gasteiger partial charge is 0.251 e. The zero-order chi connectivity index (χ0) is 19.6. The van der Waals surface area contributed by atoms with Crippen molar-refractivity contribution in [3.05, 3.63) is 72.6 Å². The molecule has 0 bridgehead atoms. The van der Waals surface area contributed by atoms with Gasteiger partial charge in [0.05, 0.1) is 12.9 Å². The van der Waals surface area contributed by atoms with Crippen LogP contribution in [0, 0.1) is 0 Å². The minimum absolute atomic E-state index is 0.132. The summed E-state index contributed by atoms with van der Waals surface area (Å²) in [6.45, 7) is 4.19. The van der Waals surface area contributed by atoms with Crippen molar-refractivity contribution in [3.8, 4) is 11.5 Å². The standard InChI is InChI=1S/C21H24N4O3/c1-2-27-20-14-18(21(26)24-8-3-12-25-13-11-23-16-25)4-5-19(20)28-15-17-6-9-22-10-7-17/h4-7,9-11,13-14,16H,2-3,8,12,15H2,1H3,(H,24,26). The van der Waals surface area contributed by atoms with Crippen molar-refractivity contribution in [3.63, 3.8) is 0 Å². The molecule has 0 fully saturated rings. The number of amides is 1. The Labute approximate surface area is 164 Å². The largest absolute Gasteiger partial charge is 0.490 e. The number of hydrogen-bond acceptors (Lipinski definition) is 5. The molecule has 0 saturated carbocycles. The molecule has 0 saturated heterocycles. The van der Waals surface area contributed by atoms with Crippen LogP contribution in [-0.2, 0) is 13.2 Å². The molecule has 0 unspecified atom stereocenters. The molecule has 28 heavy (non-hydrogen) atoms. The fourth-order valence-corrected chi connectivity index (χ4v) is 2.66. The van der Waals surface area contributed by atoms with E-state index < -0.39 is 0 Å². The Morgan fingerprint density at radius 3 is 2.68 bits per heavy atom. The van der Waals surface area contributed by atoms with Gasteiger partial charge in [0.25, 0.3) is 5.91 Å². The number of aromatic nitrogens is 3. The van der Waals surface area contributed by atoms with Crippen molar-refractivity contribution < 1.29 is 14.3 Å². The Balaban J connectivity index is 1.56. The van der Waals surface area contributed by atoms with Crippen LogP contribution >= 0.6 is 0 Å². The second kappa shape index (κ2) is 10.1. The Morgan fingerprint density at radius 2 is 1.93 bits per heavy atom. The molecular formula is C21H24N4O3. The molecule has 3 rings (SSSR count). The second-order valence-corrected chi connectivity index (χ2v) is 6.15. The predicted octanol–water partition coefficient (Wildman–Crippen LogP) is 3.08. The van der Waals surface area contributed by atoms with Gasteiger partial charge in [0.2, 0.25) is 0 Å². The summed E-state index contributed by atoms with van der Waals surface area (Å²) in [5.74, 6) is 1.03. The van der Waals surface area contributed by atoms with Crippen molar-refractivity contribution in [1.29, 1.82) is 0 Å². The molecule has 1 amide bonds. The van der Waals surface area contributed by atoms with Crippen LogP contribution < -0.4 is 14.8 Å². The first-order valence-corrected chi connectivity index (χ1v) is 9.28. The molecule has 1 aromatic carbocycles. The fourth-order valence-electron chi connectivity index (χ4n) is 2.66. The number of rotatable bonds is 10. The Hall–Kier alpha value is -3.35. The number of nitrogens with zero attached hydrogens (tertiary/aromatic N) is 3. The van der Waals surface area contributed by atoms with E-state index in [1.54, 1.807) is 43.1 Å². The van der Waals surface area contributed by atoms with Crippen molar-refractivity contribution in [2.45, 2.75) is 26.5 Å². The lowest BCUT2D eigenvalue weighted by Gasteiger charge is -2.13. The number of nitrogens with one attached hydrogen (secondary N) is 1. The van der Waals surface area contributed by atoms with E-state index in [4.69, 9.17) is 9.47 Å². The van der Waals surface area contributed by atoms with Gasteiger partial charge in [-0.25, -0.2) is 4.98 Å². The number of pyridine rings is 1. The maximum atomic E-state index is 12.4. The molecule has 7 nitrogen and oxygen atoms in total. The molecule has 7 heteroatoms. The van der Waals surface area contributed by atoms with E-state index in [-0.39, 0.29) is 5.91 Å². The van der Waals surface area contributed by atoms with Gasteiger partial charge < -0.3 is 19.4 Å². The highest BCUT2D eigenvalue weighted by molar-refractivity contribution is 5.94. The molecule has 1 N–H and O–H groups in total. The molecule has 2 heterocycles. The third kappa shape index (κ3) is 5.57. The van der Waals surface area contributed by atoms with Crippen molar-refractivity contribution in [1.82, 2.24) is 19.9 Å². The third-order valence-corrected chi connectivity index (χ3v) is 4.09. The van der Waals surface area contributed by atoms with Crippen molar-refractivity contribution in [2.24, 2.45) is 0 Å². The molecule has 3 aromatic rings. The highest BCUT2D eigenvalue weighted by atomic mass is 16.5. The molecular weight excluding hydrogens is 356 g/mol. The van der Waals surface area contributed by atoms with E-state index >= 15 is 0 Å². The Morgan fingerprint density at radius 1 is 1.07 bits per heavy atom. The number of carbonyl (C=O) groups excluding carboxylic acids is 1. The molecule has 0 spiro atoms. The van der Waals surface area contributed by atoms with Crippen LogP contribution in [0.2, 0.25) is 0 Å². The second-order valence-electron chi connectivity index (χ2n) is 6.15. The first-order chi connectivity index (χ1) is 13.8. The Bertz CT molecular complexity index is 867. The maximum Gasteiger partial charge on any atom is 0.251 e. The van der Waals surface area contributed by atoms with Gasteiger partial charge in [0, 0.05) is 43.4 Å². The maximum absolute atomic E-state index is 12.4. The van der Waals surface area contributed by atoms with Crippen LogP contribution in [0.3, 0.4) is 0 Å². The van der Waals surface area contributed by atoms with Gasteiger partial charge in [0.1, 0.15) is 6.61 Å². The van der Waals surface area contributed by atoms with Crippen LogP contribution in [0.4, 0.5) is 0 Å². The van der Waals surface area contributed by atoms with Gasteiger partial charge in [0.15, 0.2) is 11.5 Å². The van der Waals surface area contributed by atoms with Crippen molar-refractivity contribution in [2.75, 3.05) is 13.2 Å². The van der Waals surface area contributed by atoms with E-state index in [1.165, 1.54) is 0 Å². The average Bonchev–Trinajstić information content (AvgIpc) is 3.24. The molecule has 0 aliphatic heterocycles. The first-order valence-electron chi connectivity index (χ1n) is 9.28. The number of benzene rings is 1. The van der Waals surface area contributed by atoms with Gasteiger partial charge in [-0.15, -0.1) is 0 Å². The summed E-state index contributed by atoms with van der Waals surface area (Å²) in [5.41, 5.74) is 1.56. The highest BCUT2D eigenvalue weighted by Gasteiger charge is 2.12. The fraction of sp³-hybridized carbons (Fsp3) is 0.286. The molecule has 146 valence electrons. The summed E-state index contributed by atoms with van der Waals surface area (Å²) in [6.07, 6.45) is 9.69. The lowest BCUT2D eigenvalue weighted by Crippen LogP contribution is -2.25. The van der Waals surface area contributed by atoms with Crippen LogP contribution in [-0.4, -0.2) is 33.6 Å².